The van der Waals surface area contributed by atoms with Crippen LogP contribution in [0.3, 0.4) is 0 Å². The Morgan fingerprint density at radius 1 is 0.515 bits per heavy atom. The van der Waals surface area contributed by atoms with Gasteiger partial charge in [-0.2, -0.15) is 0 Å². The van der Waals surface area contributed by atoms with Crippen molar-refractivity contribution in [1.29, 1.82) is 0 Å². The van der Waals surface area contributed by atoms with Crippen LogP contribution in [0.15, 0.2) is 24.3 Å². The molecule has 0 fully saturated rings. The molecule has 0 aromatic heterocycles. The molecule has 8 nitrogen and oxygen atoms in total. The SMILES string of the molecule is CCCCC/C=C\C/C=C\CCCCCCCC(=O)NC(COP(=O)([O-])OCC[N+](C)(C)C)C(O)CCCCCCCCCCCCCCCCCCCCCCCCCCCCCCCCC. The average molecular weight is 982 g/mol. The largest absolute Gasteiger partial charge is 0.756 e. The van der Waals surface area contributed by atoms with E-state index in [0.717, 1.165) is 64.2 Å². The van der Waals surface area contributed by atoms with Crippen molar-refractivity contribution in [2.45, 2.75) is 309 Å². The van der Waals surface area contributed by atoms with E-state index in [9.17, 15) is 19.4 Å². The van der Waals surface area contributed by atoms with Crippen LogP contribution in [0.4, 0.5) is 0 Å². The molecule has 0 aliphatic carbocycles. The lowest BCUT2D eigenvalue weighted by Gasteiger charge is -2.30. The van der Waals surface area contributed by atoms with Gasteiger partial charge in [0.15, 0.2) is 0 Å². The number of rotatable bonds is 55. The fourth-order valence-electron chi connectivity index (χ4n) is 9.01. The summed E-state index contributed by atoms with van der Waals surface area (Å²) in [5.74, 6) is -0.175. The quantitative estimate of drug-likeness (QED) is 0.0272. The molecule has 0 rings (SSSR count). The third-order valence-corrected chi connectivity index (χ3v) is 14.7. The normalized spacial score (nSPS) is 14.0. The number of phosphoric ester groups is 1. The number of nitrogens with one attached hydrogen (secondary N) is 1. The summed E-state index contributed by atoms with van der Waals surface area (Å²) in [5, 5.41) is 14.0. The van der Waals surface area contributed by atoms with E-state index in [-0.39, 0.29) is 19.1 Å². The average Bonchev–Trinajstić information content (AvgIpc) is 3.30. The lowest BCUT2D eigenvalue weighted by Crippen LogP contribution is -2.46. The summed E-state index contributed by atoms with van der Waals surface area (Å²) in [4.78, 5) is 25.5. The number of allylic oxidation sites excluding steroid dienone is 4. The third kappa shape index (κ3) is 52.8. The van der Waals surface area contributed by atoms with Gasteiger partial charge in [-0.15, -0.1) is 0 Å². The van der Waals surface area contributed by atoms with Gasteiger partial charge in [-0.05, 0) is 44.9 Å². The molecular weight excluding hydrogens is 864 g/mol. The van der Waals surface area contributed by atoms with Crippen LogP contribution in [0.1, 0.15) is 296 Å². The number of hydrogen-bond acceptors (Lipinski definition) is 6. The number of carbonyl (C=O) groups is 1. The summed E-state index contributed by atoms with van der Waals surface area (Å²) in [6.07, 6.45) is 63.7. The van der Waals surface area contributed by atoms with Crippen LogP contribution < -0.4 is 10.2 Å². The van der Waals surface area contributed by atoms with Crippen molar-refractivity contribution in [2.24, 2.45) is 0 Å². The van der Waals surface area contributed by atoms with Gasteiger partial charge in [-0.1, -0.05) is 269 Å². The highest BCUT2D eigenvalue weighted by Crippen LogP contribution is 2.38. The minimum absolute atomic E-state index is 0.0103. The molecule has 0 saturated heterocycles. The standard InChI is InChI=1S/C59H117N2O6P/c1-6-8-10-12-14-16-18-20-22-23-24-25-26-27-28-29-30-31-32-33-34-35-36-37-39-40-42-44-46-48-50-52-58(62)57(56-67-68(64,65)66-55-54-61(3,4)5)60-59(63)53-51-49-47-45-43-41-38-21-19-17-15-13-11-9-7-2/h15,17,21,38,57-58,62H,6-14,16,18-20,22-37,39-56H2,1-5H3,(H-,60,63,64,65)/b17-15-,38-21-. The van der Waals surface area contributed by atoms with Crippen molar-refractivity contribution in [2.75, 3.05) is 40.9 Å². The summed E-state index contributed by atoms with van der Waals surface area (Å²) < 4.78 is 23.4. The molecule has 0 aliphatic heterocycles. The Balaban J connectivity index is 4.03. The molecule has 9 heteroatoms. The summed E-state index contributed by atoms with van der Waals surface area (Å²) >= 11 is 0. The van der Waals surface area contributed by atoms with Gasteiger partial charge < -0.3 is 28.8 Å². The first kappa shape index (κ1) is 67.0. The van der Waals surface area contributed by atoms with Gasteiger partial charge in [0.25, 0.3) is 7.82 Å². The first-order chi connectivity index (χ1) is 33.0. The molecule has 3 unspecified atom stereocenters. The first-order valence-corrected chi connectivity index (χ1v) is 31.1. The van der Waals surface area contributed by atoms with E-state index >= 15 is 0 Å². The molecule has 3 atom stereocenters. The van der Waals surface area contributed by atoms with Crippen molar-refractivity contribution < 1.29 is 32.9 Å². The maximum atomic E-state index is 12.9. The zero-order valence-electron chi connectivity index (χ0n) is 46.1. The van der Waals surface area contributed by atoms with E-state index < -0.39 is 20.0 Å². The number of quaternary nitrogens is 1. The second kappa shape index (κ2) is 50.9. The topological polar surface area (TPSA) is 108 Å². The maximum absolute atomic E-state index is 12.9. The number of amides is 1. The number of likely N-dealkylation sites (N-methyl/N-ethyl adjacent to an activating group) is 1. The number of aliphatic hydroxyl groups is 1. The number of nitrogens with zero attached hydrogens (tertiary/aromatic N) is 1. The highest BCUT2D eigenvalue weighted by molar-refractivity contribution is 7.45. The van der Waals surface area contributed by atoms with Crippen molar-refractivity contribution in [1.82, 2.24) is 5.32 Å². The molecule has 2 N–H and O–H groups in total. The molecule has 0 radical (unpaired) electrons. The number of carbonyl (C=O) groups excluding carboxylic acids is 1. The number of unbranched alkanes of at least 4 members (excludes halogenated alkanes) is 38. The fourth-order valence-corrected chi connectivity index (χ4v) is 9.74. The van der Waals surface area contributed by atoms with Gasteiger partial charge in [-0.3, -0.25) is 9.36 Å². The molecular formula is C59H117N2O6P. The van der Waals surface area contributed by atoms with Crippen molar-refractivity contribution in [3.63, 3.8) is 0 Å². The Hall–Kier alpha value is -1.02. The fraction of sp³-hybridized carbons (Fsp3) is 0.915. The van der Waals surface area contributed by atoms with E-state index in [1.165, 1.54) is 205 Å². The Labute approximate surface area is 424 Å². The minimum atomic E-state index is -4.57. The van der Waals surface area contributed by atoms with E-state index in [2.05, 4.69) is 43.5 Å². The molecule has 0 heterocycles. The maximum Gasteiger partial charge on any atom is 0.268 e. The van der Waals surface area contributed by atoms with Crippen LogP contribution >= 0.6 is 7.82 Å². The minimum Gasteiger partial charge on any atom is -0.756 e. The van der Waals surface area contributed by atoms with Crippen LogP contribution in [-0.2, 0) is 18.4 Å². The van der Waals surface area contributed by atoms with Crippen LogP contribution in [0.25, 0.3) is 0 Å². The molecule has 0 spiro atoms. The van der Waals surface area contributed by atoms with E-state index in [4.69, 9.17) is 9.05 Å². The van der Waals surface area contributed by atoms with Gasteiger partial charge in [0.2, 0.25) is 5.91 Å². The van der Waals surface area contributed by atoms with E-state index in [1.54, 1.807) is 0 Å². The molecule has 404 valence electrons. The Morgan fingerprint density at radius 2 is 0.853 bits per heavy atom. The summed E-state index contributed by atoms with van der Waals surface area (Å²) in [7, 11) is 1.30. The van der Waals surface area contributed by atoms with Crippen molar-refractivity contribution in [3.8, 4) is 0 Å². The molecule has 0 saturated carbocycles. The van der Waals surface area contributed by atoms with Gasteiger partial charge in [0.05, 0.1) is 39.9 Å². The van der Waals surface area contributed by atoms with E-state index in [0.29, 0.717) is 23.9 Å². The third-order valence-electron chi connectivity index (χ3n) is 13.7. The smallest absolute Gasteiger partial charge is 0.268 e. The van der Waals surface area contributed by atoms with Crippen LogP contribution in [-0.4, -0.2) is 68.5 Å². The van der Waals surface area contributed by atoms with Crippen molar-refractivity contribution in [3.05, 3.63) is 24.3 Å². The second-order valence-electron chi connectivity index (χ2n) is 21.7. The van der Waals surface area contributed by atoms with Gasteiger partial charge >= 0.3 is 0 Å². The molecule has 68 heavy (non-hydrogen) atoms. The monoisotopic (exact) mass is 981 g/mol. The zero-order valence-corrected chi connectivity index (χ0v) is 47.0. The predicted molar refractivity (Wildman–Crippen MR) is 293 cm³/mol. The molecule has 0 aromatic rings. The van der Waals surface area contributed by atoms with Crippen LogP contribution in [0.2, 0.25) is 0 Å². The Kier molecular flexibility index (Phi) is 50.1. The van der Waals surface area contributed by atoms with Crippen LogP contribution in [0, 0.1) is 0 Å². The Bertz CT molecular complexity index is 1160. The second-order valence-corrected chi connectivity index (χ2v) is 23.1. The van der Waals surface area contributed by atoms with Crippen LogP contribution in [0.5, 0.6) is 0 Å². The van der Waals surface area contributed by atoms with Crippen molar-refractivity contribution >= 4 is 13.7 Å². The Morgan fingerprint density at radius 3 is 1.25 bits per heavy atom. The lowest BCUT2D eigenvalue weighted by atomic mass is 10.0. The highest BCUT2D eigenvalue weighted by atomic mass is 31.2. The molecule has 0 bridgehead atoms. The summed E-state index contributed by atoms with van der Waals surface area (Å²) in [6.45, 7) is 4.72. The highest BCUT2D eigenvalue weighted by Gasteiger charge is 2.24. The number of hydrogen-bond donors (Lipinski definition) is 2. The summed E-state index contributed by atoms with van der Waals surface area (Å²) in [6, 6.07) is -0.807. The molecule has 1 amide bonds. The van der Waals surface area contributed by atoms with Gasteiger partial charge in [-0.25, -0.2) is 0 Å². The number of aliphatic hydroxyl groups excluding tert-OH is 1. The van der Waals surface area contributed by atoms with Gasteiger partial charge in [0.1, 0.15) is 13.2 Å². The number of phosphoric acid groups is 1. The first-order valence-electron chi connectivity index (χ1n) is 29.7. The lowest BCUT2D eigenvalue weighted by molar-refractivity contribution is -0.870. The predicted octanol–water partition coefficient (Wildman–Crippen LogP) is 17.4. The zero-order chi connectivity index (χ0) is 49.9. The van der Waals surface area contributed by atoms with Gasteiger partial charge in [0, 0.05) is 6.42 Å². The molecule has 0 aromatic carbocycles. The van der Waals surface area contributed by atoms with E-state index in [1.807, 2.05) is 21.1 Å². The summed E-state index contributed by atoms with van der Waals surface area (Å²) in [5.41, 5.74) is 0. The molecule has 0 aliphatic rings.